The van der Waals surface area contributed by atoms with Gasteiger partial charge in [-0.15, -0.1) is 11.3 Å². The minimum absolute atomic E-state index is 0.106. The van der Waals surface area contributed by atoms with E-state index in [1.807, 2.05) is 0 Å². The predicted molar refractivity (Wildman–Crippen MR) is 124 cm³/mol. The highest BCUT2D eigenvalue weighted by molar-refractivity contribution is 7.14. The number of anilines is 1. The van der Waals surface area contributed by atoms with Crippen molar-refractivity contribution in [1.82, 2.24) is 15.2 Å². The molecule has 1 atom stereocenters. The fraction of sp³-hybridized carbons (Fsp3) is 0.375. The maximum Gasteiger partial charge on any atom is 0.293 e. The third-order valence-electron chi connectivity index (χ3n) is 5.70. The molecular formula is C24H28N4O3S. The number of aromatic nitrogens is 1. The summed E-state index contributed by atoms with van der Waals surface area (Å²) >= 11 is 1.28. The summed E-state index contributed by atoms with van der Waals surface area (Å²) in [6, 6.07) is 12.3. The highest BCUT2D eigenvalue weighted by Gasteiger charge is 2.18. The molecule has 32 heavy (non-hydrogen) atoms. The quantitative estimate of drug-likeness (QED) is 0.534. The minimum atomic E-state index is -0.362. The predicted octanol–water partition coefficient (Wildman–Crippen LogP) is 4.22. The molecule has 2 amide bonds. The van der Waals surface area contributed by atoms with E-state index in [0.717, 1.165) is 12.1 Å². The third-order valence-corrected chi connectivity index (χ3v) is 6.50. The maximum atomic E-state index is 12.3. The van der Waals surface area contributed by atoms with Crippen molar-refractivity contribution in [2.45, 2.75) is 51.7 Å². The van der Waals surface area contributed by atoms with Crippen molar-refractivity contribution in [3.05, 3.63) is 70.6 Å². The number of amides is 2. The third kappa shape index (κ3) is 6.05. The van der Waals surface area contributed by atoms with E-state index in [1.54, 1.807) is 17.5 Å². The van der Waals surface area contributed by atoms with Crippen molar-refractivity contribution < 1.29 is 14.0 Å². The molecule has 8 heteroatoms. The molecule has 0 radical (unpaired) electrons. The molecule has 0 bridgehead atoms. The average Bonchev–Trinajstić information content (AvgIpc) is 3.47. The Hall–Kier alpha value is -2.97. The monoisotopic (exact) mass is 452 g/mol. The SMILES string of the molecule is CC1CCCCN1Cc1ccc(CNC(=O)Cc2csc(NC(=O)c3ccco3)n2)cc1. The number of thiazole rings is 1. The van der Waals surface area contributed by atoms with Crippen molar-refractivity contribution in [2.24, 2.45) is 0 Å². The number of hydrogen-bond acceptors (Lipinski definition) is 6. The molecule has 3 aromatic rings. The molecule has 7 nitrogen and oxygen atoms in total. The molecule has 1 saturated heterocycles. The van der Waals surface area contributed by atoms with Crippen molar-refractivity contribution in [3.8, 4) is 0 Å². The van der Waals surface area contributed by atoms with Gasteiger partial charge in [0, 0.05) is 24.5 Å². The van der Waals surface area contributed by atoms with E-state index in [2.05, 4.69) is 51.7 Å². The second-order valence-corrected chi connectivity index (χ2v) is 9.02. The average molecular weight is 453 g/mol. The van der Waals surface area contributed by atoms with Crippen LogP contribution < -0.4 is 10.6 Å². The van der Waals surface area contributed by atoms with Crippen LogP contribution in [-0.2, 0) is 24.3 Å². The van der Waals surface area contributed by atoms with E-state index >= 15 is 0 Å². The number of furan rings is 1. The zero-order valence-corrected chi connectivity index (χ0v) is 19.0. The van der Waals surface area contributed by atoms with Crippen molar-refractivity contribution in [3.63, 3.8) is 0 Å². The van der Waals surface area contributed by atoms with Gasteiger partial charge < -0.3 is 9.73 Å². The van der Waals surface area contributed by atoms with Crippen LogP contribution in [0.1, 0.15) is 53.6 Å². The van der Waals surface area contributed by atoms with Crippen LogP contribution in [-0.4, -0.2) is 34.3 Å². The van der Waals surface area contributed by atoms with Gasteiger partial charge in [0.2, 0.25) is 5.91 Å². The Morgan fingerprint density at radius 3 is 2.75 bits per heavy atom. The van der Waals surface area contributed by atoms with Crippen LogP contribution in [0.3, 0.4) is 0 Å². The maximum absolute atomic E-state index is 12.3. The first-order valence-corrected chi connectivity index (χ1v) is 11.8. The summed E-state index contributed by atoms with van der Waals surface area (Å²) < 4.78 is 5.06. The molecule has 0 spiro atoms. The Morgan fingerprint density at radius 2 is 2.00 bits per heavy atom. The largest absolute Gasteiger partial charge is 0.459 e. The molecule has 1 fully saturated rings. The van der Waals surface area contributed by atoms with E-state index in [0.29, 0.717) is 23.4 Å². The summed E-state index contributed by atoms with van der Waals surface area (Å²) in [4.78, 5) is 31.2. The zero-order valence-electron chi connectivity index (χ0n) is 18.2. The van der Waals surface area contributed by atoms with Gasteiger partial charge in [-0.1, -0.05) is 30.7 Å². The molecule has 1 aromatic carbocycles. The molecule has 2 aromatic heterocycles. The van der Waals surface area contributed by atoms with Gasteiger partial charge in [-0.05, 0) is 49.6 Å². The van der Waals surface area contributed by atoms with Gasteiger partial charge in [0.1, 0.15) is 0 Å². The van der Waals surface area contributed by atoms with E-state index in [-0.39, 0.29) is 24.0 Å². The fourth-order valence-electron chi connectivity index (χ4n) is 3.83. The second kappa shape index (κ2) is 10.6. The number of nitrogens with zero attached hydrogens (tertiary/aromatic N) is 2. The first-order chi connectivity index (χ1) is 15.6. The van der Waals surface area contributed by atoms with E-state index in [1.165, 1.54) is 49.0 Å². The van der Waals surface area contributed by atoms with Gasteiger partial charge in [-0.2, -0.15) is 0 Å². The number of hydrogen-bond donors (Lipinski definition) is 2. The normalized spacial score (nSPS) is 16.6. The molecule has 168 valence electrons. The molecule has 4 rings (SSSR count). The minimum Gasteiger partial charge on any atom is -0.459 e. The highest BCUT2D eigenvalue weighted by atomic mass is 32.1. The van der Waals surface area contributed by atoms with Gasteiger partial charge in [0.25, 0.3) is 5.91 Å². The first-order valence-electron chi connectivity index (χ1n) is 10.9. The number of carbonyl (C=O) groups excluding carboxylic acids is 2. The standard InChI is InChI=1S/C24H28N4O3S/c1-17-5-2-3-11-28(17)15-19-9-7-18(8-10-19)14-25-22(29)13-20-16-32-24(26-20)27-23(30)21-6-4-12-31-21/h4,6-10,12,16-17H,2-3,5,11,13-15H2,1H3,(H,25,29)(H,26,27,30). The molecule has 1 aliphatic rings. The summed E-state index contributed by atoms with van der Waals surface area (Å²) in [5.41, 5.74) is 2.99. The number of rotatable bonds is 8. The topological polar surface area (TPSA) is 87.5 Å². The molecule has 1 aliphatic heterocycles. The van der Waals surface area contributed by atoms with Gasteiger partial charge in [-0.25, -0.2) is 4.98 Å². The van der Waals surface area contributed by atoms with Crippen molar-refractivity contribution in [1.29, 1.82) is 0 Å². The zero-order chi connectivity index (χ0) is 22.3. The van der Waals surface area contributed by atoms with E-state index in [9.17, 15) is 9.59 Å². The Morgan fingerprint density at radius 1 is 1.19 bits per heavy atom. The lowest BCUT2D eigenvalue weighted by Gasteiger charge is -2.33. The second-order valence-electron chi connectivity index (χ2n) is 8.16. The van der Waals surface area contributed by atoms with Crippen LogP contribution in [0.4, 0.5) is 5.13 Å². The molecule has 0 saturated carbocycles. The Bertz CT molecular complexity index is 1030. The van der Waals surface area contributed by atoms with Gasteiger partial charge in [0.05, 0.1) is 18.4 Å². The first kappa shape index (κ1) is 22.2. The Labute approximate surface area is 191 Å². The molecule has 0 aliphatic carbocycles. The number of nitrogens with one attached hydrogen (secondary N) is 2. The summed E-state index contributed by atoms with van der Waals surface area (Å²) in [6.07, 6.45) is 5.50. The molecule has 1 unspecified atom stereocenters. The van der Waals surface area contributed by atoms with Crippen LogP contribution in [0.2, 0.25) is 0 Å². The van der Waals surface area contributed by atoms with Crippen LogP contribution in [0.15, 0.2) is 52.5 Å². The van der Waals surface area contributed by atoms with Crippen LogP contribution in [0.5, 0.6) is 0 Å². The van der Waals surface area contributed by atoms with Gasteiger partial charge in [-0.3, -0.25) is 19.8 Å². The summed E-state index contributed by atoms with van der Waals surface area (Å²) in [5, 5.41) is 7.82. The lowest BCUT2D eigenvalue weighted by Crippen LogP contribution is -2.36. The lowest BCUT2D eigenvalue weighted by molar-refractivity contribution is -0.120. The number of benzene rings is 1. The van der Waals surface area contributed by atoms with Crippen LogP contribution in [0, 0.1) is 0 Å². The van der Waals surface area contributed by atoms with Crippen molar-refractivity contribution in [2.75, 3.05) is 11.9 Å². The van der Waals surface area contributed by atoms with Crippen LogP contribution >= 0.6 is 11.3 Å². The van der Waals surface area contributed by atoms with Gasteiger partial charge >= 0.3 is 0 Å². The Kier molecular flexibility index (Phi) is 7.34. The summed E-state index contributed by atoms with van der Waals surface area (Å²) in [5.74, 6) is -0.250. The highest BCUT2D eigenvalue weighted by Crippen LogP contribution is 2.20. The fourth-order valence-corrected chi connectivity index (χ4v) is 4.53. The lowest BCUT2D eigenvalue weighted by atomic mass is 10.0. The number of carbonyl (C=O) groups is 2. The smallest absolute Gasteiger partial charge is 0.293 e. The van der Waals surface area contributed by atoms with Crippen molar-refractivity contribution >= 4 is 28.3 Å². The number of piperidine rings is 1. The Balaban J connectivity index is 1.22. The molecular weight excluding hydrogens is 424 g/mol. The van der Waals surface area contributed by atoms with Crippen LogP contribution in [0.25, 0.3) is 0 Å². The summed E-state index contributed by atoms with van der Waals surface area (Å²) in [7, 11) is 0. The molecule has 3 heterocycles. The summed E-state index contributed by atoms with van der Waals surface area (Å²) in [6.45, 7) is 4.94. The number of likely N-dealkylation sites (tertiary alicyclic amines) is 1. The molecule has 2 N–H and O–H groups in total. The van der Waals surface area contributed by atoms with E-state index in [4.69, 9.17) is 4.42 Å². The van der Waals surface area contributed by atoms with E-state index < -0.39 is 0 Å². The van der Waals surface area contributed by atoms with Gasteiger partial charge in [0.15, 0.2) is 10.9 Å².